The Hall–Kier alpha value is -4.66. The number of H-pyrrole nitrogens is 1. The molecule has 50 heavy (non-hydrogen) atoms. The van der Waals surface area contributed by atoms with Crippen LogP contribution < -0.4 is 10.1 Å². The van der Waals surface area contributed by atoms with Crippen molar-refractivity contribution in [2.24, 2.45) is 16.8 Å². The van der Waals surface area contributed by atoms with Crippen LogP contribution in [0, 0.1) is 11.8 Å². The van der Waals surface area contributed by atoms with Gasteiger partial charge in [0.25, 0.3) is 0 Å². The summed E-state index contributed by atoms with van der Waals surface area (Å²) < 4.78 is 11.3. The SMILES string of the molecule is COC(=O)N[C@H](C(=O)N1[C@H](C2=Nc3ccc4cc5c(cc4c3C2)COc2cc(-c3cnc(C4CCCC4)[nH]3)ccc2-5)CC2CCC[C@@H]21)C(C)C. The lowest BCUT2D eigenvalue weighted by atomic mass is 9.90. The molecule has 2 amide bonds. The van der Waals surface area contributed by atoms with Gasteiger partial charge in [0, 0.05) is 35.2 Å². The molecule has 1 unspecified atom stereocenters. The fourth-order valence-corrected chi connectivity index (χ4v) is 9.54. The van der Waals surface area contributed by atoms with Gasteiger partial charge in [-0.3, -0.25) is 9.79 Å². The molecule has 0 spiro atoms. The number of alkyl carbamates (subject to hydrolysis) is 1. The smallest absolute Gasteiger partial charge is 0.407 e. The van der Waals surface area contributed by atoms with E-state index in [1.54, 1.807) is 0 Å². The number of rotatable bonds is 6. The summed E-state index contributed by atoms with van der Waals surface area (Å²) in [4.78, 5) is 42.1. The van der Waals surface area contributed by atoms with Crippen molar-refractivity contribution in [3.05, 3.63) is 65.6 Å². The molecule has 3 fully saturated rings. The summed E-state index contributed by atoms with van der Waals surface area (Å²) >= 11 is 0. The van der Waals surface area contributed by atoms with Crippen LogP contribution in [0.3, 0.4) is 0 Å². The number of amides is 2. The van der Waals surface area contributed by atoms with Crippen molar-refractivity contribution >= 4 is 34.2 Å². The normalized spacial score (nSPS) is 22.9. The van der Waals surface area contributed by atoms with Gasteiger partial charge in [-0.05, 0) is 102 Å². The van der Waals surface area contributed by atoms with Crippen molar-refractivity contribution in [2.45, 2.75) is 102 Å². The summed E-state index contributed by atoms with van der Waals surface area (Å²) in [7, 11) is 1.34. The molecule has 5 aliphatic rings. The number of hydrogen-bond acceptors (Lipinski definition) is 6. The fraction of sp³-hybridized carbons (Fsp3) is 0.463. The van der Waals surface area contributed by atoms with E-state index in [9.17, 15) is 9.59 Å². The third-order valence-corrected chi connectivity index (χ3v) is 12.1. The maximum absolute atomic E-state index is 14.2. The van der Waals surface area contributed by atoms with Crippen molar-refractivity contribution in [3.63, 3.8) is 0 Å². The highest BCUT2D eigenvalue weighted by atomic mass is 16.5. The zero-order valence-corrected chi connectivity index (χ0v) is 29.1. The van der Waals surface area contributed by atoms with E-state index in [4.69, 9.17) is 19.5 Å². The molecule has 3 aromatic carbocycles. The lowest BCUT2D eigenvalue weighted by molar-refractivity contribution is -0.136. The van der Waals surface area contributed by atoms with Crippen molar-refractivity contribution < 1.29 is 19.1 Å². The van der Waals surface area contributed by atoms with E-state index in [-0.39, 0.29) is 23.9 Å². The highest BCUT2D eigenvalue weighted by Gasteiger charge is 2.50. The molecule has 0 radical (unpaired) electrons. The zero-order chi connectivity index (χ0) is 34.1. The van der Waals surface area contributed by atoms with Gasteiger partial charge >= 0.3 is 6.09 Å². The number of aromatic amines is 1. The van der Waals surface area contributed by atoms with Crippen LogP contribution in [0.2, 0.25) is 0 Å². The number of nitrogens with one attached hydrogen (secondary N) is 2. The van der Waals surface area contributed by atoms with Crippen molar-refractivity contribution in [3.8, 4) is 28.1 Å². The average molecular weight is 672 g/mol. The van der Waals surface area contributed by atoms with Crippen LogP contribution >= 0.6 is 0 Å². The first-order valence-electron chi connectivity index (χ1n) is 18.5. The number of ether oxygens (including phenoxy) is 2. The van der Waals surface area contributed by atoms with Crippen LogP contribution in [0.5, 0.6) is 5.75 Å². The Labute approximate surface area is 292 Å². The number of benzene rings is 3. The monoisotopic (exact) mass is 671 g/mol. The summed E-state index contributed by atoms with van der Waals surface area (Å²) in [5.74, 6) is 2.93. The predicted octanol–water partition coefficient (Wildman–Crippen LogP) is 8.23. The largest absolute Gasteiger partial charge is 0.488 e. The topological polar surface area (TPSA) is 109 Å². The number of aromatic nitrogens is 2. The molecule has 9 heteroatoms. The van der Waals surface area contributed by atoms with Crippen molar-refractivity contribution in [1.29, 1.82) is 0 Å². The van der Waals surface area contributed by atoms with Crippen LogP contribution in [-0.4, -0.2) is 57.8 Å². The number of carbonyl (C=O) groups is 2. The van der Waals surface area contributed by atoms with Crippen LogP contribution in [0.25, 0.3) is 33.2 Å². The molecule has 9 nitrogen and oxygen atoms in total. The molecular formula is C41H45N5O4. The van der Waals surface area contributed by atoms with Crippen LogP contribution in [0.1, 0.15) is 88.1 Å². The second-order valence-corrected chi connectivity index (χ2v) is 15.3. The second-order valence-electron chi connectivity index (χ2n) is 15.3. The molecule has 3 aliphatic heterocycles. The summed E-state index contributed by atoms with van der Waals surface area (Å²) in [6.07, 6.45) is 11.3. The lowest BCUT2D eigenvalue weighted by Crippen LogP contribution is -2.56. The third-order valence-electron chi connectivity index (χ3n) is 12.1. The molecule has 258 valence electrons. The summed E-state index contributed by atoms with van der Waals surface area (Å²) in [5.41, 5.74) is 8.88. The first-order chi connectivity index (χ1) is 24.4. The minimum absolute atomic E-state index is 0.0249. The third kappa shape index (κ3) is 5.19. The summed E-state index contributed by atoms with van der Waals surface area (Å²) in [6, 6.07) is 14.9. The molecular weight excluding hydrogens is 626 g/mol. The van der Waals surface area contributed by atoms with Crippen molar-refractivity contribution in [2.75, 3.05) is 7.11 Å². The number of nitrogens with zero attached hydrogens (tertiary/aromatic N) is 3. The zero-order valence-electron chi connectivity index (χ0n) is 29.1. The molecule has 0 bridgehead atoms. The summed E-state index contributed by atoms with van der Waals surface area (Å²) in [6.45, 7) is 4.45. The number of methoxy groups -OCH3 is 1. The quantitative estimate of drug-likeness (QED) is 0.215. The van der Waals surface area contributed by atoms with Gasteiger partial charge in [-0.1, -0.05) is 45.2 Å². The Morgan fingerprint density at radius 2 is 1.88 bits per heavy atom. The molecule has 1 saturated heterocycles. The maximum atomic E-state index is 14.2. The lowest BCUT2D eigenvalue weighted by Gasteiger charge is -2.34. The van der Waals surface area contributed by atoms with Gasteiger partial charge in [0.2, 0.25) is 5.91 Å². The Balaban J connectivity index is 0.995. The number of aliphatic imine (C=N–C) groups is 1. The van der Waals surface area contributed by atoms with Gasteiger partial charge in [-0.15, -0.1) is 0 Å². The Morgan fingerprint density at radius 3 is 2.70 bits per heavy atom. The van der Waals surface area contributed by atoms with E-state index in [0.29, 0.717) is 24.9 Å². The Kier molecular flexibility index (Phi) is 7.70. The number of carbonyl (C=O) groups excluding carboxylic acids is 2. The van der Waals surface area contributed by atoms with E-state index in [1.807, 2.05) is 20.0 Å². The molecule has 1 aromatic heterocycles. The Bertz CT molecular complexity index is 2040. The van der Waals surface area contributed by atoms with Crippen molar-refractivity contribution in [1.82, 2.24) is 20.2 Å². The van der Waals surface area contributed by atoms with E-state index >= 15 is 0 Å². The first kappa shape index (κ1) is 31.3. The fourth-order valence-electron chi connectivity index (χ4n) is 9.54. The van der Waals surface area contributed by atoms with Gasteiger partial charge in [-0.2, -0.15) is 0 Å². The minimum Gasteiger partial charge on any atom is -0.488 e. The highest BCUT2D eigenvalue weighted by Crippen LogP contribution is 2.47. The van der Waals surface area contributed by atoms with Crippen LogP contribution in [-0.2, 0) is 22.6 Å². The predicted molar refractivity (Wildman–Crippen MR) is 194 cm³/mol. The standard InChI is InChI=1S/C41H45N5O4/c1-22(2)38(45-41(48)49-3)40(47)46-35-10-6-9-26(35)17-36(46)33-19-31-29-16-27-21-50-37-18-25(34-20-42-39(44-34)23-7-4-5-8-23)11-13-28(37)30(27)15-24(29)12-14-32(31)43-33/h11-16,18,20,22-23,26,35-36,38H,4-10,17,19,21H2,1-3H3,(H,42,44)(H,45,48)/t26?,35-,36-,38-/m0/s1. The first-order valence-corrected chi connectivity index (χ1v) is 18.5. The van der Waals surface area contributed by atoms with Gasteiger partial charge in [0.1, 0.15) is 24.2 Å². The Morgan fingerprint density at radius 1 is 1.02 bits per heavy atom. The molecule has 2 aliphatic carbocycles. The number of likely N-dealkylation sites (tertiary alicyclic amines) is 1. The van der Waals surface area contributed by atoms with E-state index in [2.05, 4.69) is 57.7 Å². The van der Waals surface area contributed by atoms with Gasteiger partial charge in [0.15, 0.2) is 0 Å². The highest BCUT2D eigenvalue weighted by molar-refractivity contribution is 6.06. The van der Waals surface area contributed by atoms with Gasteiger partial charge in [0.05, 0.1) is 30.7 Å². The van der Waals surface area contributed by atoms with Crippen LogP contribution in [0.15, 0.2) is 53.7 Å². The van der Waals surface area contributed by atoms with E-state index in [1.165, 1.54) is 60.3 Å². The van der Waals surface area contributed by atoms with E-state index < -0.39 is 12.1 Å². The van der Waals surface area contributed by atoms with Gasteiger partial charge in [-0.25, -0.2) is 9.78 Å². The minimum atomic E-state index is -0.645. The molecule has 9 rings (SSSR count). The van der Waals surface area contributed by atoms with E-state index in [0.717, 1.165) is 65.5 Å². The average Bonchev–Trinajstić information content (AvgIpc) is 3.96. The number of fused-ring (bicyclic) bond motifs is 7. The number of hydrogen-bond donors (Lipinski definition) is 2. The maximum Gasteiger partial charge on any atom is 0.407 e. The second kappa shape index (κ2) is 12.3. The molecule has 4 aromatic rings. The number of imidazole rings is 1. The van der Waals surface area contributed by atoms with Crippen LogP contribution in [0.4, 0.5) is 10.5 Å². The molecule has 4 heterocycles. The molecule has 2 saturated carbocycles. The molecule has 2 N–H and O–H groups in total. The van der Waals surface area contributed by atoms with Gasteiger partial charge < -0.3 is 24.7 Å². The molecule has 4 atom stereocenters. The summed E-state index contributed by atoms with van der Waals surface area (Å²) in [5, 5.41) is 5.21.